The van der Waals surface area contributed by atoms with Crippen LogP contribution in [-0.4, -0.2) is 72.5 Å². The predicted molar refractivity (Wildman–Crippen MR) is 20.0 cm³/mol. The van der Waals surface area contributed by atoms with Crippen molar-refractivity contribution in [1.29, 1.82) is 0 Å². The fraction of sp³-hybridized carbons (Fsp3) is 0. The molecule has 0 aromatic rings. The van der Waals surface area contributed by atoms with Gasteiger partial charge in [-0.25, -0.2) is 0 Å². The Morgan fingerprint density at radius 1 is 0.429 bits per heavy atom. The van der Waals surface area contributed by atoms with E-state index in [1.165, 1.54) is 0 Å². The van der Waals surface area contributed by atoms with Crippen LogP contribution < -0.4 is 0 Å². The molecule has 7 heavy (non-hydrogen) atoms. The summed E-state index contributed by atoms with van der Waals surface area (Å²) in [6.45, 7) is 0. The fourth-order valence-corrected chi connectivity index (χ4v) is 0. The maximum atomic E-state index is 0. The molecular formula is Al2CaO4. The Bertz CT molecular complexity index is 9.65. The first-order chi connectivity index (χ1) is 0. The first-order valence-electron chi connectivity index (χ1n) is 0. The van der Waals surface area contributed by atoms with E-state index in [0.717, 1.165) is 0 Å². The molecule has 0 aliphatic carbocycles. The molecule has 0 radical (unpaired) electrons. The van der Waals surface area contributed by atoms with Crippen LogP contribution in [0.3, 0.4) is 0 Å². The molecule has 0 aromatic heterocycles. The van der Waals surface area contributed by atoms with Crippen molar-refractivity contribution in [2.45, 2.75) is 0 Å². The maximum absolute atomic E-state index is 0. The van der Waals surface area contributed by atoms with Crippen molar-refractivity contribution in [3.8, 4) is 0 Å². The van der Waals surface area contributed by atoms with Crippen molar-refractivity contribution in [3.05, 3.63) is 0 Å². The molecule has 32 valence electrons. The molecule has 0 atom stereocenters. The molecule has 0 amide bonds. The van der Waals surface area contributed by atoms with Crippen LogP contribution in [-0.2, 0) is 21.9 Å². The Labute approximate surface area is 93.2 Å². The minimum atomic E-state index is 0. The Kier molecular flexibility index (Phi) is 1670. The van der Waals surface area contributed by atoms with Gasteiger partial charge in [0.25, 0.3) is 0 Å². The number of hydrogen-bond acceptors (Lipinski definition) is 0. The summed E-state index contributed by atoms with van der Waals surface area (Å²) in [6.07, 6.45) is 0. The van der Waals surface area contributed by atoms with E-state index in [1.54, 1.807) is 0 Å². The quantitative estimate of drug-likeness (QED) is 0.377. The summed E-state index contributed by atoms with van der Waals surface area (Å²) in [5.74, 6) is 0. The third-order valence-corrected chi connectivity index (χ3v) is 0. The van der Waals surface area contributed by atoms with Crippen molar-refractivity contribution in [3.63, 3.8) is 0 Å². The maximum Gasteiger partial charge on any atom is 3.00 e. The average Bonchev–Trinajstić information content (AvgIpc) is 0. The molecule has 7 heteroatoms. The molecule has 0 unspecified atom stereocenters. The van der Waals surface area contributed by atoms with Gasteiger partial charge in [-0.1, -0.05) is 0 Å². The molecule has 0 N–H and O–H groups in total. The second-order valence-electron chi connectivity index (χ2n) is 0. The SMILES string of the molecule is [Al+3].[Al+3].[Ca+2].[O-2].[O-2].[O-2].[O-2]. The number of hydrogen-bond donors (Lipinski definition) is 0. The molecule has 0 bridgehead atoms. The second-order valence-corrected chi connectivity index (χ2v) is 0. The minimum Gasteiger partial charge on any atom is -2.00 e. The van der Waals surface area contributed by atoms with Gasteiger partial charge >= 0.3 is 72.5 Å². The Hall–Kier alpha value is 2.16. The van der Waals surface area contributed by atoms with Crippen molar-refractivity contribution in [2.75, 3.05) is 0 Å². The summed E-state index contributed by atoms with van der Waals surface area (Å²) in [5.41, 5.74) is 0. The van der Waals surface area contributed by atoms with Crippen LogP contribution in [0.1, 0.15) is 0 Å². The molecule has 0 aliphatic heterocycles. The largest absolute Gasteiger partial charge is 3.00 e. The summed E-state index contributed by atoms with van der Waals surface area (Å²) in [5, 5.41) is 0. The van der Waals surface area contributed by atoms with E-state index in [0.29, 0.717) is 0 Å². The second kappa shape index (κ2) is 89.4. The van der Waals surface area contributed by atoms with Gasteiger partial charge in [0, 0.05) is 0 Å². The number of rotatable bonds is 0. The van der Waals surface area contributed by atoms with E-state index in [-0.39, 0.29) is 94.4 Å². The van der Waals surface area contributed by atoms with Crippen LogP contribution >= 0.6 is 0 Å². The molecule has 0 heterocycles. The van der Waals surface area contributed by atoms with Crippen molar-refractivity contribution in [1.82, 2.24) is 0 Å². The molecule has 0 rings (SSSR count). The van der Waals surface area contributed by atoms with Gasteiger partial charge in [-0.3, -0.25) is 0 Å². The zero-order chi connectivity index (χ0) is 0. The molecule has 0 saturated heterocycles. The molecule has 0 aromatic carbocycles. The molecule has 0 saturated carbocycles. The van der Waals surface area contributed by atoms with E-state index in [9.17, 15) is 0 Å². The smallest absolute Gasteiger partial charge is 2.00 e. The van der Waals surface area contributed by atoms with Crippen molar-refractivity contribution in [2.24, 2.45) is 0 Å². The van der Waals surface area contributed by atoms with Gasteiger partial charge < -0.3 is 21.9 Å². The van der Waals surface area contributed by atoms with Crippen LogP contribution in [0.15, 0.2) is 0 Å². The van der Waals surface area contributed by atoms with E-state index in [1.807, 2.05) is 0 Å². The van der Waals surface area contributed by atoms with E-state index in [4.69, 9.17) is 0 Å². The van der Waals surface area contributed by atoms with Crippen LogP contribution in [0, 0.1) is 0 Å². The van der Waals surface area contributed by atoms with Gasteiger partial charge in [0.2, 0.25) is 0 Å². The summed E-state index contributed by atoms with van der Waals surface area (Å²) >= 11 is 0. The van der Waals surface area contributed by atoms with Crippen LogP contribution in [0.5, 0.6) is 0 Å². The van der Waals surface area contributed by atoms with Crippen LogP contribution in [0.4, 0.5) is 0 Å². The van der Waals surface area contributed by atoms with E-state index in [2.05, 4.69) is 0 Å². The standard InChI is InChI=1S/2Al.Ca.4O/q2*+3;+2;4*-2. The van der Waals surface area contributed by atoms with Gasteiger partial charge in [-0.2, -0.15) is 0 Å². The predicted octanol–water partition coefficient (Wildman–Crippen LogP) is -1.62. The van der Waals surface area contributed by atoms with Crippen LogP contribution in [0.25, 0.3) is 0 Å². The first-order valence-corrected chi connectivity index (χ1v) is 0. The van der Waals surface area contributed by atoms with Gasteiger partial charge in [0.05, 0.1) is 0 Å². The van der Waals surface area contributed by atoms with Crippen LogP contribution in [0.2, 0.25) is 0 Å². The molecule has 4 nitrogen and oxygen atoms in total. The minimum absolute atomic E-state index is 0. The topological polar surface area (TPSA) is 114 Å². The van der Waals surface area contributed by atoms with E-state index < -0.39 is 0 Å². The summed E-state index contributed by atoms with van der Waals surface area (Å²) in [4.78, 5) is 0. The summed E-state index contributed by atoms with van der Waals surface area (Å²) in [7, 11) is 0. The van der Waals surface area contributed by atoms with Gasteiger partial charge in [-0.15, -0.1) is 0 Å². The third-order valence-electron chi connectivity index (χ3n) is 0. The van der Waals surface area contributed by atoms with Gasteiger partial charge in [0.15, 0.2) is 0 Å². The zero-order valence-corrected chi connectivity index (χ0v) is 8.01. The molecule has 0 aliphatic rings. The Morgan fingerprint density at radius 3 is 0.429 bits per heavy atom. The van der Waals surface area contributed by atoms with Crippen molar-refractivity contribution >= 4 is 72.5 Å². The van der Waals surface area contributed by atoms with E-state index >= 15 is 0 Å². The zero-order valence-electron chi connectivity index (χ0n) is 3.49. The first kappa shape index (κ1) is 130. The molecule has 0 fully saturated rings. The summed E-state index contributed by atoms with van der Waals surface area (Å²) in [6, 6.07) is 0. The monoisotopic (exact) mass is 158 g/mol. The van der Waals surface area contributed by atoms with Crippen molar-refractivity contribution < 1.29 is 21.9 Å². The van der Waals surface area contributed by atoms with Gasteiger partial charge in [-0.05, 0) is 0 Å². The normalized spacial score (nSPS) is 0. The Morgan fingerprint density at radius 2 is 0.429 bits per heavy atom. The van der Waals surface area contributed by atoms with Gasteiger partial charge in [0.1, 0.15) is 0 Å². The Balaban J connectivity index is 0. The molecular weight excluding hydrogens is 158 g/mol. The average molecular weight is 158 g/mol. The third kappa shape index (κ3) is 66.2. The fourth-order valence-electron chi connectivity index (χ4n) is 0. The molecule has 0 spiro atoms. The summed E-state index contributed by atoms with van der Waals surface area (Å²) < 4.78 is 0.